The largest absolute Gasteiger partial charge is 0.384 e. The van der Waals surface area contributed by atoms with Crippen molar-refractivity contribution in [1.29, 1.82) is 21.6 Å². The standard InChI is InChI=1S/2C28H23FN4O4S.2C28H24N4O4S/c1-38(36,37)25-12-5-3-9-20(25)17-13-14-21(23(29)16-17)27(34)33-24-11-4-2-10-22(24)28(35)32-19-8-6-7-18(15-19)26(30)31;1-38(36,37)25-12-5-4-9-20(25)17-13-14-24(23(29)16-17)33-28(35)22-11-3-2-10-21(22)27(34)32-19-8-6-7-18(15-19)26(30)31;1-37(35,36)25-12-5-2-9-22(25)18-13-15-19(16-14-18)27(33)31-23-10-3-4-11-24(23)32-28(34)21-8-6-7-20(17-21)26(29)30;1-37(35,36)25-12-5-3-9-22(25)18-13-15-21(16-14-18)31-28(34)23-10-2-4-11-24(23)32-27(33)20-8-6-7-19(17-20)26(29)30/h2-16H,1H3,(H3,30,31)(H,32,35)(H,33,34);2-16H,1H3,(H3,30,31)(H,32,34)(H,33,35);2-17H,1H3,(H3,29,30)(H,31,33)(H,32,34);2-17H,1H3,(H3,29,30)(H,31,34)(H,32,33). The van der Waals surface area contributed by atoms with E-state index in [4.69, 9.17) is 44.6 Å². The fraction of sp³-hybridized carbons (Fsp3) is 0.0357. The zero-order chi connectivity index (χ0) is 108. The number of halogens is 2. The highest BCUT2D eigenvalue weighted by Crippen LogP contribution is 2.36. The molecule has 20 N–H and O–H groups in total. The third-order valence-electron chi connectivity index (χ3n) is 22.5. The van der Waals surface area contributed by atoms with Gasteiger partial charge in [0.25, 0.3) is 47.3 Å². The van der Waals surface area contributed by atoms with Crippen molar-refractivity contribution in [3.8, 4) is 44.5 Å². The molecule has 0 aliphatic carbocycles. The molecule has 0 spiro atoms. The summed E-state index contributed by atoms with van der Waals surface area (Å²) in [6.45, 7) is 0. The number of amides is 8. The summed E-state index contributed by atoms with van der Waals surface area (Å²) in [7, 11) is -13.9. The topological polar surface area (TPSA) is 569 Å². The molecule has 0 saturated carbocycles. The number of nitrogens with one attached hydrogen (secondary N) is 12. The molecule has 0 radical (unpaired) electrons. The number of benzene rings is 16. The van der Waals surface area contributed by atoms with Crippen molar-refractivity contribution in [3.63, 3.8) is 0 Å². The highest BCUT2D eigenvalue weighted by Gasteiger charge is 2.27. The predicted octanol–water partition coefficient (Wildman–Crippen LogP) is 18.5. The number of amidine groups is 4. The summed E-state index contributed by atoms with van der Waals surface area (Å²) in [5, 5.41) is 51.8. The van der Waals surface area contributed by atoms with Gasteiger partial charge in [-0.1, -0.05) is 206 Å². The number of nitrogen functional groups attached to an aromatic ring is 4. The van der Waals surface area contributed by atoms with Gasteiger partial charge in [-0.15, -0.1) is 0 Å². The summed E-state index contributed by atoms with van der Waals surface area (Å²) in [6, 6.07) is 98.3. The fourth-order valence-corrected chi connectivity index (χ4v) is 18.8. The van der Waals surface area contributed by atoms with E-state index < -0.39 is 98.2 Å². The van der Waals surface area contributed by atoms with Crippen molar-refractivity contribution in [2.75, 3.05) is 67.6 Å². The highest BCUT2D eigenvalue weighted by atomic mass is 32.2. The average Bonchev–Trinajstić information content (AvgIpc) is 0.794. The Labute approximate surface area is 861 Å². The Morgan fingerprint density at radius 2 is 0.467 bits per heavy atom. The lowest BCUT2D eigenvalue weighted by molar-refractivity contribution is 0.0990. The number of para-hydroxylation sites is 4. The van der Waals surface area contributed by atoms with E-state index in [-0.39, 0.29) is 82.1 Å². The van der Waals surface area contributed by atoms with Crippen molar-refractivity contribution in [1.82, 2.24) is 0 Å². The van der Waals surface area contributed by atoms with Gasteiger partial charge in [-0.2, -0.15) is 0 Å². The van der Waals surface area contributed by atoms with Crippen LogP contribution in [0.5, 0.6) is 0 Å². The van der Waals surface area contributed by atoms with E-state index in [0.29, 0.717) is 118 Å². The molecule has 38 heteroatoms. The molecule has 0 aromatic heterocycles. The highest BCUT2D eigenvalue weighted by molar-refractivity contribution is 7.91. The summed E-state index contributed by atoms with van der Waals surface area (Å²) in [4.78, 5) is 104. The lowest BCUT2D eigenvalue weighted by atomic mass is 10.0. The minimum absolute atomic E-state index is 0.0126. The molecule has 8 amide bonds. The first-order chi connectivity index (χ1) is 71.3. The fourth-order valence-electron chi connectivity index (χ4n) is 15.2. The Morgan fingerprint density at radius 1 is 0.207 bits per heavy atom. The van der Waals surface area contributed by atoms with Crippen LogP contribution in [0.15, 0.2) is 396 Å². The smallest absolute Gasteiger partial charge is 0.258 e. The van der Waals surface area contributed by atoms with Gasteiger partial charge in [0.1, 0.15) is 35.0 Å². The second-order valence-electron chi connectivity index (χ2n) is 33.4. The third kappa shape index (κ3) is 27.9. The van der Waals surface area contributed by atoms with Gasteiger partial charge in [0.05, 0.1) is 75.8 Å². The van der Waals surface area contributed by atoms with Crippen LogP contribution >= 0.6 is 0 Å². The van der Waals surface area contributed by atoms with Crippen molar-refractivity contribution >= 4 is 155 Å². The number of rotatable bonds is 28. The van der Waals surface area contributed by atoms with Gasteiger partial charge in [-0.05, 0) is 192 Å². The molecule has 16 aromatic carbocycles. The third-order valence-corrected chi connectivity index (χ3v) is 27.1. The van der Waals surface area contributed by atoms with Crippen molar-refractivity contribution in [2.24, 2.45) is 22.9 Å². The number of hydrogen-bond donors (Lipinski definition) is 16. The van der Waals surface area contributed by atoms with Crippen LogP contribution in [-0.2, 0) is 39.3 Å². The maximum absolute atomic E-state index is 15.0. The molecule has 16 rings (SSSR count). The van der Waals surface area contributed by atoms with Gasteiger partial charge in [0.15, 0.2) is 39.3 Å². The molecule has 0 saturated heterocycles. The van der Waals surface area contributed by atoms with Gasteiger partial charge in [-0.25, -0.2) is 42.5 Å². The van der Waals surface area contributed by atoms with E-state index in [1.165, 1.54) is 78.9 Å². The molecule has 0 bridgehead atoms. The number of nitrogens with two attached hydrogens (primary N) is 4. The van der Waals surface area contributed by atoms with Gasteiger partial charge in [0, 0.05) is 103 Å². The molecule has 0 aliphatic heterocycles. The van der Waals surface area contributed by atoms with Crippen LogP contribution in [0.4, 0.5) is 54.3 Å². The van der Waals surface area contributed by atoms with E-state index >= 15 is 8.78 Å². The van der Waals surface area contributed by atoms with Crippen molar-refractivity contribution in [3.05, 3.63) is 455 Å². The first-order valence-electron chi connectivity index (χ1n) is 45.0. The molecule has 16 aromatic rings. The van der Waals surface area contributed by atoms with Crippen LogP contribution in [0.2, 0.25) is 0 Å². The quantitative estimate of drug-likeness (QED) is 0.0160. The Balaban J connectivity index is 0.000000167. The molecule has 0 atom stereocenters. The summed E-state index contributed by atoms with van der Waals surface area (Å²) in [5.74, 6) is -6.55. The average molecular weight is 2090 g/mol. The van der Waals surface area contributed by atoms with Crippen molar-refractivity contribution in [2.45, 2.75) is 19.6 Å². The molecular weight excluding hydrogens is 1990 g/mol. The molecule has 756 valence electrons. The van der Waals surface area contributed by atoms with E-state index in [0.717, 1.165) is 37.2 Å². The van der Waals surface area contributed by atoms with Crippen LogP contribution in [0.3, 0.4) is 0 Å². The zero-order valence-electron chi connectivity index (χ0n) is 80.0. The van der Waals surface area contributed by atoms with Crippen LogP contribution in [-0.4, -0.2) is 129 Å². The minimum atomic E-state index is -3.56. The number of sulfone groups is 4. The lowest BCUT2D eigenvalue weighted by Gasteiger charge is -2.13. The first kappa shape index (κ1) is 108. The monoisotopic (exact) mass is 2080 g/mol. The van der Waals surface area contributed by atoms with Crippen LogP contribution in [0, 0.1) is 33.3 Å². The maximum Gasteiger partial charge on any atom is 0.258 e. The maximum atomic E-state index is 15.0. The van der Waals surface area contributed by atoms with Crippen LogP contribution in [0.25, 0.3) is 44.5 Å². The Morgan fingerprint density at radius 3 is 0.840 bits per heavy atom. The van der Waals surface area contributed by atoms with E-state index in [2.05, 4.69) is 42.5 Å². The Hall–Kier alpha value is -19.2. The summed E-state index contributed by atoms with van der Waals surface area (Å²) < 4.78 is 127. The number of anilines is 8. The molecular formula is C112H94F2N16O16S4. The van der Waals surface area contributed by atoms with Crippen molar-refractivity contribution < 1.29 is 80.8 Å². The SMILES string of the molecule is CS(=O)(=O)c1ccccc1-c1ccc(C(=O)Nc2ccccc2C(=O)Nc2cccc(C(=N)N)c2)c(F)c1.CS(=O)(=O)c1ccccc1-c1ccc(C(=O)Nc2ccccc2NC(=O)c2cccc(C(=N)N)c2)cc1.CS(=O)(=O)c1ccccc1-c1ccc(NC(=O)c2ccccc2C(=O)Nc2cccc(C(=N)N)c2)c(F)c1.CS(=O)(=O)c1ccccc1-c1ccc(NC(=O)c2ccccc2NC(=O)c2cccc(C(=N)N)c2)cc1. The van der Waals surface area contributed by atoms with Gasteiger partial charge in [0.2, 0.25) is 0 Å². The summed E-state index contributed by atoms with van der Waals surface area (Å²) in [5.41, 5.74) is 31.1. The molecule has 0 heterocycles. The van der Waals surface area contributed by atoms with Gasteiger partial charge in [-0.3, -0.25) is 60.0 Å². The predicted molar refractivity (Wildman–Crippen MR) is 579 cm³/mol. The summed E-state index contributed by atoms with van der Waals surface area (Å²) >= 11 is 0. The zero-order valence-corrected chi connectivity index (χ0v) is 83.3. The number of hydrogen-bond acceptors (Lipinski definition) is 20. The number of carbonyl (C=O) groups is 8. The van der Waals surface area contributed by atoms with E-state index in [9.17, 15) is 72.0 Å². The van der Waals surface area contributed by atoms with Gasteiger partial charge < -0.3 is 65.5 Å². The number of carbonyl (C=O) groups excluding carboxylic acids is 8. The molecule has 0 aliphatic rings. The summed E-state index contributed by atoms with van der Waals surface area (Å²) in [6.07, 6.45) is 4.46. The van der Waals surface area contributed by atoms with E-state index in [1.807, 2.05) is 0 Å². The molecule has 0 fully saturated rings. The molecule has 0 unspecified atom stereocenters. The Bertz CT molecular complexity index is 8580. The minimum Gasteiger partial charge on any atom is -0.384 e. The van der Waals surface area contributed by atoms with Crippen LogP contribution in [0.1, 0.15) is 105 Å². The second-order valence-corrected chi connectivity index (χ2v) is 41.3. The van der Waals surface area contributed by atoms with E-state index in [1.54, 1.807) is 285 Å². The Kier molecular flexibility index (Phi) is 34.3. The normalized spacial score (nSPS) is 11.0. The van der Waals surface area contributed by atoms with Crippen LogP contribution < -0.4 is 65.5 Å². The first-order valence-corrected chi connectivity index (χ1v) is 52.5. The molecule has 150 heavy (non-hydrogen) atoms. The molecule has 32 nitrogen and oxygen atoms in total. The second kappa shape index (κ2) is 47.6. The van der Waals surface area contributed by atoms with Gasteiger partial charge >= 0.3 is 0 Å². The lowest BCUT2D eigenvalue weighted by Crippen LogP contribution is -2.21.